The van der Waals surface area contributed by atoms with Gasteiger partial charge in [-0.05, 0) is 39.8 Å². The van der Waals surface area contributed by atoms with Gasteiger partial charge in [-0.15, -0.1) is 0 Å². The molecule has 4 nitrogen and oxygen atoms in total. The van der Waals surface area contributed by atoms with Crippen molar-refractivity contribution in [2.45, 2.75) is 84.7 Å². The Morgan fingerprint density at radius 3 is 0.957 bits per heavy atom. The van der Waals surface area contributed by atoms with Crippen LogP contribution in [0.4, 0.5) is 0 Å². The van der Waals surface area contributed by atoms with E-state index in [1.54, 1.807) is 0 Å². The van der Waals surface area contributed by atoms with Gasteiger partial charge >= 0.3 is 18.6 Å². The van der Waals surface area contributed by atoms with E-state index in [4.69, 9.17) is 17.7 Å². The topological polar surface area (TPSA) is 36.9 Å². The Morgan fingerprint density at radius 1 is 0.435 bits per heavy atom. The van der Waals surface area contributed by atoms with E-state index in [-0.39, 0.29) is 0 Å². The monoisotopic (exact) mass is 364 g/mol. The summed E-state index contributed by atoms with van der Waals surface area (Å²) in [4.78, 5) is 0. The number of unbranched alkanes of at least 4 members (excludes halogenated alkanes) is 6. The molecule has 0 atom stereocenters. The zero-order valence-electron chi connectivity index (χ0n) is 16.0. The van der Waals surface area contributed by atoms with Gasteiger partial charge in [-0.2, -0.15) is 0 Å². The predicted octanol–water partition coefficient (Wildman–Crippen LogP) is 4.30. The van der Waals surface area contributed by atoms with E-state index in [0.717, 1.165) is 38.5 Å². The van der Waals surface area contributed by atoms with Crippen molar-refractivity contribution in [2.75, 3.05) is 26.4 Å². The van der Waals surface area contributed by atoms with E-state index in [1.165, 1.54) is 44.9 Å². The molecule has 6 heteroatoms. The molecule has 0 amide bonds. The minimum atomic E-state index is -1.35. The van der Waals surface area contributed by atoms with Crippen LogP contribution in [-0.2, 0) is 17.7 Å². The lowest BCUT2D eigenvalue weighted by Crippen LogP contribution is -2.22. The lowest BCUT2D eigenvalue weighted by Gasteiger charge is -2.14. The summed E-state index contributed by atoms with van der Waals surface area (Å²) in [5.41, 5.74) is 0. The fourth-order valence-electron chi connectivity index (χ4n) is 2.68. The second kappa shape index (κ2) is 18.6. The van der Waals surface area contributed by atoms with E-state index in [0.29, 0.717) is 0 Å². The van der Waals surface area contributed by atoms with E-state index in [9.17, 15) is 0 Å². The Labute approximate surface area is 147 Å². The third-order valence-corrected chi connectivity index (χ3v) is 8.37. The maximum absolute atomic E-state index is 5.70. The van der Waals surface area contributed by atoms with Crippen LogP contribution in [0.3, 0.4) is 0 Å². The number of hydrogen-bond donors (Lipinski definition) is 0. The Hall–Kier alpha value is 0.274. The molecule has 0 spiro atoms. The Kier molecular flexibility index (Phi) is 18.8. The van der Waals surface area contributed by atoms with Gasteiger partial charge in [0.05, 0.1) is 0 Å². The van der Waals surface area contributed by atoms with E-state index >= 15 is 0 Å². The first kappa shape index (κ1) is 23.3. The van der Waals surface area contributed by atoms with Crippen molar-refractivity contribution in [2.24, 2.45) is 0 Å². The highest BCUT2D eigenvalue weighted by atomic mass is 28.3. The molecular weight excluding hydrogens is 324 g/mol. The Bertz CT molecular complexity index is 199. The highest BCUT2D eigenvalue weighted by molar-refractivity contribution is 6.44. The summed E-state index contributed by atoms with van der Waals surface area (Å²) in [5.74, 6) is 0. The summed E-state index contributed by atoms with van der Waals surface area (Å²) in [5, 5.41) is 0. The summed E-state index contributed by atoms with van der Waals surface area (Å²) in [7, 11) is -2.70. The summed E-state index contributed by atoms with van der Waals surface area (Å²) in [6.45, 7) is 11.4. The smallest absolute Gasteiger partial charge is 0.321 e. The summed E-state index contributed by atoms with van der Waals surface area (Å²) < 4.78 is 22.8. The molecule has 140 valence electrons. The van der Waals surface area contributed by atoms with Gasteiger partial charge in [-0.25, -0.2) is 0 Å². The van der Waals surface area contributed by atoms with Gasteiger partial charge in [0, 0.05) is 26.4 Å². The third-order valence-electron chi connectivity index (χ3n) is 3.79. The zero-order chi connectivity index (χ0) is 17.2. The maximum atomic E-state index is 5.70. The highest BCUT2D eigenvalue weighted by Crippen LogP contribution is 2.13. The van der Waals surface area contributed by atoms with Crippen LogP contribution in [0.2, 0.25) is 12.1 Å². The molecule has 0 aliphatic carbocycles. The molecule has 0 heterocycles. The van der Waals surface area contributed by atoms with Crippen LogP contribution in [0.5, 0.6) is 0 Å². The second-order valence-corrected chi connectivity index (χ2v) is 9.94. The highest BCUT2D eigenvalue weighted by Gasteiger charge is 2.12. The molecule has 0 aliphatic heterocycles. The van der Waals surface area contributed by atoms with Gasteiger partial charge in [-0.3, -0.25) is 0 Å². The molecule has 0 aromatic rings. The van der Waals surface area contributed by atoms with Crippen LogP contribution in [0.15, 0.2) is 0 Å². The van der Waals surface area contributed by atoms with Crippen LogP contribution < -0.4 is 0 Å². The molecule has 23 heavy (non-hydrogen) atoms. The van der Waals surface area contributed by atoms with E-state index in [2.05, 4.69) is 27.7 Å². The third kappa shape index (κ3) is 15.5. The zero-order valence-corrected chi connectivity index (χ0v) is 18.3. The molecule has 0 unspecified atom stereocenters. The van der Waals surface area contributed by atoms with Gasteiger partial charge in [0.2, 0.25) is 0 Å². The fourth-order valence-corrected chi connectivity index (χ4v) is 6.27. The number of rotatable bonds is 18. The molecular formula is C17H40O4Si2. The predicted molar refractivity (Wildman–Crippen MR) is 103 cm³/mol. The largest absolute Gasteiger partial charge is 0.397 e. The van der Waals surface area contributed by atoms with Crippen LogP contribution in [0, 0.1) is 0 Å². The van der Waals surface area contributed by atoms with E-state index in [1.807, 2.05) is 0 Å². The van der Waals surface area contributed by atoms with Crippen LogP contribution >= 0.6 is 0 Å². The fraction of sp³-hybridized carbons (Fsp3) is 1.00. The molecule has 0 bridgehead atoms. The first-order chi connectivity index (χ1) is 11.3. The van der Waals surface area contributed by atoms with Gasteiger partial charge in [0.1, 0.15) is 0 Å². The normalized spacial score (nSPS) is 11.7. The lowest BCUT2D eigenvalue weighted by atomic mass is 10.1. The van der Waals surface area contributed by atoms with Crippen molar-refractivity contribution in [3.63, 3.8) is 0 Å². The van der Waals surface area contributed by atoms with E-state index < -0.39 is 18.6 Å². The average Bonchev–Trinajstić information content (AvgIpc) is 2.54. The van der Waals surface area contributed by atoms with Gasteiger partial charge in [0.25, 0.3) is 0 Å². The van der Waals surface area contributed by atoms with Gasteiger partial charge in [-0.1, -0.05) is 44.9 Å². The summed E-state index contributed by atoms with van der Waals surface area (Å²) in [6, 6.07) is 2.33. The standard InChI is InChI=1S/C17H40O4Si2/c1-5-18-22(19-6-2)16-14-12-10-9-11-13-15-17-23(20-7-3)21-8-4/h22-23H,5-17H2,1-4H3. The molecule has 0 rings (SSSR count). The SMILES string of the molecule is CCO[SiH](CCCCCCCCC[SiH](OCC)OCC)OCC. The average molecular weight is 365 g/mol. The van der Waals surface area contributed by atoms with Gasteiger partial charge in [0.15, 0.2) is 0 Å². The van der Waals surface area contributed by atoms with Crippen molar-refractivity contribution in [3.05, 3.63) is 0 Å². The van der Waals surface area contributed by atoms with Crippen LogP contribution in [-0.4, -0.2) is 45.0 Å². The molecule has 0 aromatic heterocycles. The minimum absolute atomic E-state index is 0.796. The minimum Gasteiger partial charge on any atom is -0.397 e. The van der Waals surface area contributed by atoms with Crippen molar-refractivity contribution in [1.29, 1.82) is 0 Å². The summed E-state index contributed by atoms with van der Waals surface area (Å²) >= 11 is 0. The molecule has 0 saturated heterocycles. The van der Waals surface area contributed by atoms with Crippen LogP contribution in [0.25, 0.3) is 0 Å². The Balaban J connectivity index is 3.41. The van der Waals surface area contributed by atoms with Crippen molar-refractivity contribution in [1.82, 2.24) is 0 Å². The maximum Gasteiger partial charge on any atom is 0.321 e. The summed E-state index contributed by atoms with van der Waals surface area (Å²) in [6.07, 6.45) is 9.21. The molecule has 0 aromatic carbocycles. The Morgan fingerprint density at radius 2 is 0.696 bits per heavy atom. The quantitative estimate of drug-likeness (QED) is 0.268. The molecule has 0 saturated carbocycles. The van der Waals surface area contributed by atoms with Crippen molar-refractivity contribution in [3.8, 4) is 0 Å². The first-order valence-electron chi connectivity index (χ1n) is 9.74. The lowest BCUT2D eigenvalue weighted by molar-refractivity contribution is 0.212. The molecule has 0 aliphatic rings. The molecule has 0 fully saturated rings. The molecule has 0 radical (unpaired) electrons. The van der Waals surface area contributed by atoms with Crippen molar-refractivity contribution >= 4 is 18.6 Å². The van der Waals surface area contributed by atoms with Crippen molar-refractivity contribution < 1.29 is 17.7 Å². The first-order valence-corrected chi connectivity index (χ1v) is 13.3. The number of hydrogen-bond acceptors (Lipinski definition) is 4. The van der Waals surface area contributed by atoms with Crippen LogP contribution in [0.1, 0.15) is 72.6 Å². The second-order valence-electron chi connectivity index (χ2n) is 5.73. The van der Waals surface area contributed by atoms with Gasteiger partial charge < -0.3 is 17.7 Å². The molecule has 0 N–H and O–H groups in total.